The third-order valence-electron chi connectivity index (χ3n) is 2.56. The first kappa shape index (κ1) is 10.5. The van der Waals surface area contributed by atoms with E-state index >= 15 is 0 Å². The molecule has 3 rings (SSSR count). The monoisotopic (exact) mass is 241 g/mol. The Morgan fingerprint density at radius 1 is 1.11 bits per heavy atom. The summed E-state index contributed by atoms with van der Waals surface area (Å²) >= 11 is 0. The summed E-state index contributed by atoms with van der Waals surface area (Å²) in [5.41, 5.74) is 7.67. The summed E-state index contributed by atoms with van der Waals surface area (Å²) in [6, 6.07) is 7.11. The van der Waals surface area contributed by atoms with Gasteiger partial charge in [0.05, 0.1) is 6.33 Å². The third-order valence-corrected chi connectivity index (χ3v) is 2.56. The highest BCUT2D eigenvalue weighted by molar-refractivity contribution is 5.76. The molecule has 18 heavy (non-hydrogen) atoms. The lowest BCUT2D eigenvalue weighted by molar-refractivity contribution is 0.467. The van der Waals surface area contributed by atoms with Crippen LogP contribution in [0.2, 0.25) is 0 Å². The molecule has 90 valence electrons. The standard InChI is InChI=1S/C12H11N5O/c1-17-7-16-10-11(17)14-6-15-12(10)18-9-4-2-8(13)3-5-9/h2-7H,13H2,1H3. The molecule has 2 aromatic heterocycles. The van der Waals surface area contributed by atoms with Gasteiger partial charge in [-0.2, -0.15) is 4.98 Å². The number of nitrogen functional groups attached to an aromatic ring is 1. The van der Waals surface area contributed by atoms with Gasteiger partial charge in [-0.15, -0.1) is 0 Å². The fraction of sp³-hybridized carbons (Fsp3) is 0.0833. The number of fused-ring (bicyclic) bond motifs is 1. The maximum absolute atomic E-state index is 5.68. The molecule has 0 spiro atoms. The van der Waals surface area contributed by atoms with E-state index in [1.54, 1.807) is 30.6 Å². The number of ether oxygens (including phenoxy) is 1. The van der Waals surface area contributed by atoms with Gasteiger partial charge in [0.25, 0.3) is 5.88 Å². The number of aryl methyl sites for hydroxylation is 1. The van der Waals surface area contributed by atoms with E-state index in [2.05, 4.69) is 15.0 Å². The average molecular weight is 241 g/mol. The fourth-order valence-corrected chi connectivity index (χ4v) is 1.65. The number of benzene rings is 1. The second-order valence-corrected chi connectivity index (χ2v) is 3.88. The zero-order valence-electron chi connectivity index (χ0n) is 9.74. The highest BCUT2D eigenvalue weighted by atomic mass is 16.5. The van der Waals surface area contributed by atoms with Crippen molar-refractivity contribution in [2.45, 2.75) is 0 Å². The first-order valence-corrected chi connectivity index (χ1v) is 5.39. The third kappa shape index (κ3) is 1.73. The van der Waals surface area contributed by atoms with Crippen LogP contribution in [0.4, 0.5) is 5.69 Å². The smallest absolute Gasteiger partial charge is 0.250 e. The summed E-state index contributed by atoms with van der Waals surface area (Å²) in [6.45, 7) is 0. The molecule has 6 heteroatoms. The summed E-state index contributed by atoms with van der Waals surface area (Å²) < 4.78 is 7.49. The van der Waals surface area contributed by atoms with Crippen LogP contribution in [0.3, 0.4) is 0 Å². The van der Waals surface area contributed by atoms with Crippen LogP contribution >= 0.6 is 0 Å². The minimum Gasteiger partial charge on any atom is -0.437 e. The van der Waals surface area contributed by atoms with E-state index in [4.69, 9.17) is 10.5 Å². The molecule has 2 heterocycles. The molecular formula is C12H11N5O. The predicted molar refractivity (Wildman–Crippen MR) is 67.2 cm³/mol. The Hall–Kier alpha value is -2.63. The van der Waals surface area contributed by atoms with Crippen molar-refractivity contribution in [1.82, 2.24) is 19.5 Å². The lowest BCUT2D eigenvalue weighted by Crippen LogP contribution is -1.93. The van der Waals surface area contributed by atoms with Gasteiger partial charge in [-0.05, 0) is 24.3 Å². The Morgan fingerprint density at radius 2 is 1.89 bits per heavy atom. The van der Waals surface area contributed by atoms with Crippen LogP contribution in [0.1, 0.15) is 0 Å². The van der Waals surface area contributed by atoms with E-state index in [9.17, 15) is 0 Å². The van der Waals surface area contributed by atoms with E-state index in [1.807, 2.05) is 11.6 Å². The van der Waals surface area contributed by atoms with Crippen molar-refractivity contribution in [2.75, 3.05) is 5.73 Å². The van der Waals surface area contributed by atoms with Gasteiger partial charge in [-0.25, -0.2) is 9.97 Å². The van der Waals surface area contributed by atoms with Crippen molar-refractivity contribution in [3.63, 3.8) is 0 Å². The van der Waals surface area contributed by atoms with Gasteiger partial charge in [0.1, 0.15) is 12.1 Å². The van der Waals surface area contributed by atoms with Gasteiger partial charge in [-0.1, -0.05) is 0 Å². The highest BCUT2D eigenvalue weighted by Gasteiger charge is 2.10. The molecule has 0 fully saturated rings. The van der Waals surface area contributed by atoms with Crippen LogP contribution in [0.15, 0.2) is 36.9 Å². The molecule has 0 atom stereocenters. The molecule has 0 aliphatic rings. The van der Waals surface area contributed by atoms with Gasteiger partial charge in [0.2, 0.25) is 0 Å². The van der Waals surface area contributed by atoms with Crippen molar-refractivity contribution in [3.05, 3.63) is 36.9 Å². The average Bonchev–Trinajstić information content (AvgIpc) is 2.76. The molecule has 0 radical (unpaired) electrons. The van der Waals surface area contributed by atoms with Crippen LogP contribution in [0.5, 0.6) is 11.6 Å². The minimum absolute atomic E-state index is 0.436. The molecule has 2 N–H and O–H groups in total. The Bertz CT molecular complexity index is 689. The number of hydrogen-bond acceptors (Lipinski definition) is 5. The van der Waals surface area contributed by atoms with E-state index < -0.39 is 0 Å². The number of aromatic nitrogens is 4. The van der Waals surface area contributed by atoms with Crippen molar-refractivity contribution >= 4 is 16.9 Å². The number of nitrogens with zero attached hydrogens (tertiary/aromatic N) is 4. The second-order valence-electron chi connectivity index (χ2n) is 3.88. The van der Waals surface area contributed by atoms with Gasteiger partial charge >= 0.3 is 0 Å². The summed E-state index contributed by atoms with van der Waals surface area (Å²) in [5.74, 6) is 1.10. The normalized spacial score (nSPS) is 10.7. The zero-order chi connectivity index (χ0) is 12.5. The molecule has 0 saturated heterocycles. The lowest BCUT2D eigenvalue weighted by Gasteiger charge is -2.04. The number of anilines is 1. The SMILES string of the molecule is Cn1cnc2c(Oc3ccc(N)cc3)ncnc21. The summed E-state index contributed by atoms with van der Waals surface area (Å²) in [6.07, 6.45) is 3.13. The van der Waals surface area contributed by atoms with E-state index in [0.29, 0.717) is 22.8 Å². The second kappa shape index (κ2) is 3.99. The highest BCUT2D eigenvalue weighted by Crippen LogP contribution is 2.25. The summed E-state index contributed by atoms with van der Waals surface area (Å²) in [4.78, 5) is 12.5. The number of rotatable bonds is 2. The number of nitrogens with two attached hydrogens (primary N) is 1. The van der Waals surface area contributed by atoms with Crippen molar-refractivity contribution in [3.8, 4) is 11.6 Å². The number of imidazole rings is 1. The van der Waals surface area contributed by atoms with E-state index in [0.717, 1.165) is 5.65 Å². The predicted octanol–water partition coefficient (Wildman–Crippen LogP) is 1.74. The topological polar surface area (TPSA) is 78.9 Å². The van der Waals surface area contributed by atoms with Gasteiger partial charge in [0.15, 0.2) is 11.2 Å². The maximum atomic E-state index is 5.68. The van der Waals surface area contributed by atoms with Gasteiger partial charge in [-0.3, -0.25) is 0 Å². The Labute approximate surface area is 103 Å². The zero-order valence-corrected chi connectivity index (χ0v) is 9.74. The van der Waals surface area contributed by atoms with Gasteiger partial charge in [0, 0.05) is 12.7 Å². The molecule has 0 saturated carbocycles. The van der Waals surface area contributed by atoms with Crippen LogP contribution in [-0.4, -0.2) is 19.5 Å². The van der Waals surface area contributed by atoms with Crippen LogP contribution < -0.4 is 10.5 Å². The lowest BCUT2D eigenvalue weighted by atomic mass is 10.3. The Balaban J connectivity index is 2.02. The number of hydrogen-bond donors (Lipinski definition) is 1. The molecule has 6 nitrogen and oxygen atoms in total. The molecule has 3 aromatic rings. The van der Waals surface area contributed by atoms with Crippen molar-refractivity contribution in [2.24, 2.45) is 7.05 Å². The molecule has 0 aliphatic heterocycles. The molecule has 0 aliphatic carbocycles. The largest absolute Gasteiger partial charge is 0.437 e. The molecule has 1 aromatic carbocycles. The van der Waals surface area contributed by atoms with E-state index in [1.165, 1.54) is 6.33 Å². The summed E-state index contributed by atoms with van der Waals surface area (Å²) in [7, 11) is 1.87. The fourth-order valence-electron chi connectivity index (χ4n) is 1.65. The summed E-state index contributed by atoms with van der Waals surface area (Å²) in [5, 5.41) is 0. The molecule has 0 unspecified atom stereocenters. The van der Waals surface area contributed by atoms with Crippen LogP contribution in [0.25, 0.3) is 11.2 Å². The minimum atomic E-state index is 0.436. The van der Waals surface area contributed by atoms with Gasteiger partial charge < -0.3 is 15.0 Å². The quantitative estimate of drug-likeness (QED) is 0.691. The Morgan fingerprint density at radius 3 is 2.67 bits per heavy atom. The molecule has 0 bridgehead atoms. The first-order chi connectivity index (χ1) is 8.74. The maximum Gasteiger partial charge on any atom is 0.250 e. The Kier molecular flexibility index (Phi) is 2.33. The van der Waals surface area contributed by atoms with Crippen LogP contribution in [-0.2, 0) is 7.05 Å². The van der Waals surface area contributed by atoms with Crippen LogP contribution in [0, 0.1) is 0 Å². The van der Waals surface area contributed by atoms with Crippen molar-refractivity contribution < 1.29 is 4.74 Å². The first-order valence-electron chi connectivity index (χ1n) is 5.39. The molecular weight excluding hydrogens is 230 g/mol. The van der Waals surface area contributed by atoms with Crippen molar-refractivity contribution in [1.29, 1.82) is 0 Å². The molecule has 0 amide bonds. The van der Waals surface area contributed by atoms with E-state index in [-0.39, 0.29) is 0 Å².